The summed E-state index contributed by atoms with van der Waals surface area (Å²) in [6.45, 7) is 8.56. The molecule has 176 valence electrons. The molecule has 7 nitrogen and oxygen atoms in total. The maximum atomic E-state index is 12.9. The number of hydrogen-bond donors (Lipinski definition) is 2. The average molecular weight is 495 g/mol. The van der Waals surface area contributed by atoms with Crippen LogP contribution in [0.4, 0.5) is 0 Å². The number of aromatic amines is 1. The third kappa shape index (κ3) is 5.15. The molecule has 4 rings (SSSR count). The van der Waals surface area contributed by atoms with E-state index in [9.17, 15) is 9.59 Å². The molecule has 0 radical (unpaired) electrons. The summed E-state index contributed by atoms with van der Waals surface area (Å²) in [4.78, 5) is 39.7. The Morgan fingerprint density at radius 3 is 2.85 bits per heavy atom. The quantitative estimate of drug-likeness (QED) is 0.337. The van der Waals surface area contributed by atoms with E-state index in [0.29, 0.717) is 44.7 Å². The first-order valence-electron chi connectivity index (χ1n) is 10.9. The van der Waals surface area contributed by atoms with Gasteiger partial charge in [0, 0.05) is 23.2 Å². The van der Waals surface area contributed by atoms with Gasteiger partial charge in [0.25, 0.3) is 11.5 Å². The number of benzene rings is 1. The number of carbonyl (C=O) groups excluding carboxylic acids is 1. The number of fused-ring (bicyclic) bond motifs is 1. The molecule has 0 atom stereocenters. The molecule has 0 saturated heterocycles. The molecule has 9 heteroatoms. The second-order valence-corrected chi connectivity index (χ2v) is 9.91. The topological polar surface area (TPSA) is 97.0 Å². The van der Waals surface area contributed by atoms with Gasteiger partial charge in [-0.3, -0.25) is 9.59 Å². The van der Waals surface area contributed by atoms with E-state index in [-0.39, 0.29) is 18.0 Å². The smallest absolute Gasteiger partial charge is 0.261 e. The molecule has 0 aliphatic rings. The summed E-state index contributed by atoms with van der Waals surface area (Å²) in [6.07, 6.45) is 1.65. The minimum atomic E-state index is -0.252. The minimum absolute atomic E-state index is 0.222. The number of H-pyrrole nitrogens is 1. The van der Waals surface area contributed by atoms with Gasteiger partial charge in [-0.15, -0.1) is 23.1 Å². The van der Waals surface area contributed by atoms with Crippen LogP contribution in [0.15, 0.2) is 46.2 Å². The number of pyridine rings is 1. The van der Waals surface area contributed by atoms with Crippen molar-refractivity contribution in [3.63, 3.8) is 0 Å². The van der Waals surface area contributed by atoms with Crippen molar-refractivity contribution >= 4 is 39.2 Å². The highest BCUT2D eigenvalue weighted by Crippen LogP contribution is 2.29. The maximum Gasteiger partial charge on any atom is 0.261 e. The van der Waals surface area contributed by atoms with Gasteiger partial charge in [-0.25, -0.2) is 9.97 Å². The van der Waals surface area contributed by atoms with E-state index < -0.39 is 0 Å². The van der Waals surface area contributed by atoms with Gasteiger partial charge in [-0.2, -0.15) is 0 Å². The lowest BCUT2D eigenvalue weighted by Crippen LogP contribution is -2.23. The molecule has 3 heterocycles. The van der Waals surface area contributed by atoms with Crippen LogP contribution in [0.2, 0.25) is 0 Å². The van der Waals surface area contributed by atoms with Crippen molar-refractivity contribution in [1.82, 2.24) is 20.3 Å². The maximum absolute atomic E-state index is 12.9. The van der Waals surface area contributed by atoms with Crippen LogP contribution in [-0.4, -0.2) is 27.5 Å². The fourth-order valence-electron chi connectivity index (χ4n) is 3.56. The van der Waals surface area contributed by atoms with Crippen molar-refractivity contribution in [3.05, 3.63) is 79.8 Å². The van der Waals surface area contributed by atoms with Crippen molar-refractivity contribution in [3.8, 4) is 5.88 Å². The predicted molar refractivity (Wildman–Crippen MR) is 137 cm³/mol. The molecule has 4 aromatic rings. The van der Waals surface area contributed by atoms with Crippen LogP contribution in [0.3, 0.4) is 0 Å². The Morgan fingerprint density at radius 1 is 1.24 bits per heavy atom. The molecule has 0 spiro atoms. The summed E-state index contributed by atoms with van der Waals surface area (Å²) in [5, 5.41) is 3.38. The Bertz CT molecular complexity index is 1410. The molecule has 0 fully saturated rings. The highest BCUT2D eigenvalue weighted by molar-refractivity contribution is 7.98. The van der Waals surface area contributed by atoms with Crippen LogP contribution < -0.4 is 15.6 Å². The standard InChI is InChI=1S/C25H26N4O3S2/c1-5-32-24-17(7-6-10-26-24)12-27-23(31)21-16(4)20-22(30)28-19(29-25(20)34-21)13-33-18-11-14(2)8-9-15(18)3/h6-11H,5,12-13H2,1-4H3,(H,27,31)(H,28,29,30). The van der Waals surface area contributed by atoms with Crippen LogP contribution in [0.5, 0.6) is 5.88 Å². The second-order valence-electron chi connectivity index (χ2n) is 7.89. The van der Waals surface area contributed by atoms with E-state index in [0.717, 1.165) is 10.5 Å². The number of thiophene rings is 1. The first-order chi connectivity index (χ1) is 16.4. The van der Waals surface area contributed by atoms with Crippen molar-refractivity contribution in [2.45, 2.75) is 44.9 Å². The zero-order chi connectivity index (χ0) is 24.2. The third-order valence-electron chi connectivity index (χ3n) is 5.33. The number of aromatic nitrogens is 3. The van der Waals surface area contributed by atoms with Crippen LogP contribution >= 0.6 is 23.1 Å². The molecule has 1 aromatic carbocycles. The van der Waals surface area contributed by atoms with Gasteiger partial charge >= 0.3 is 0 Å². The predicted octanol–water partition coefficient (Wildman–Crippen LogP) is 4.93. The number of ether oxygens (including phenoxy) is 1. The van der Waals surface area contributed by atoms with Gasteiger partial charge in [0.2, 0.25) is 5.88 Å². The van der Waals surface area contributed by atoms with E-state index in [2.05, 4.69) is 52.3 Å². The molecule has 3 aromatic heterocycles. The number of aryl methyl sites for hydroxylation is 3. The van der Waals surface area contributed by atoms with Crippen LogP contribution in [0.25, 0.3) is 10.2 Å². The SMILES string of the molecule is CCOc1ncccc1CNC(=O)c1sc2nc(CSc3cc(C)ccc3C)[nH]c(=O)c2c1C. The van der Waals surface area contributed by atoms with E-state index >= 15 is 0 Å². The Hall–Kier alpha value is -3.17. The molecule has 2 N–H and O–H groups in total. The summed E-state index contributed by atoms with van der Waals surface area (Å²) in [7, 11) is 0. The highest BCUT2D eigenvalue weighted by atomic mass is 32.2. The summed E-state index contributed by atoms with van der Waals surface area (Å²) in [5.41, 5.74) is 3.58. The minimum Gasteiger partial charge on any atom is -0.478 e. The summed E-state index contributed by atoms with van der Waals surface area (Å²) < 4.78 is 5.53. The molecular formula is C25H26N4O3S2. The molecule has 0 aliphatic heterocycles. The number of amides is 1. The van der Waals surface area contributed by atoms with Crippen molar-refractivity contribution in [2.75, 3.05) is 6.61 Å². The monoisotopic (exact) mass is 494 g/mol. The highest BCUT2D eigenvalue weighted by Gasteiger charge is 2.20. The number of nitrogens with zero attached hydrogens (tertiary/aromatic N) is 2. The Balaban J connectivity index is 1.54. The lowest BCUT2D eigenvalue weighted by atomic mass is 10.2. The third-order valence-corrected chi connectivity index (χ3v) is 7.69. The molecule has 0 saturated carbocycles. The molecular weight excluding hydrogens is 468 g/mol. The fraction of sp³-hybridized carbons (Fsp3) is 0.280. The van der Waals surface area contributed by atoms with Crippen LogP contribution in [-0.2, 0) is 12.3 Å². The molecule has 0 bridgehead atoms. The molecule has 0 aliphatic carbocycles. The van der Waals surface area contributed by atoms with Gasteiger partial charge in [-0.05, 0) is 51.0 Å². The zero-order valence-corrected chi connectivity index (χ0v) is 21.2. The van der Waals surface area contributed by atoms with Gasteiger partial charge in [-0.1, -0.05) is 23.8 Å². The largest absolute Gasteiger partial charge is 0.478 e. The van der Waals surface area contributed by atoms with Crippen molar-refractivity contribution in [1.29, 1.82) is 0 Å². The lowest BCUT2D eigenvalue weighted by molar-refractivity contribution is 0.0954. The van der Waals surface area contributed by atoms with Crippen LogP contribution in [0.1, 0.15) is 44.7 Å². The average Bonchev–Trinajstić information content (AvgIpc) is 3.16. The van der Waals surface area contributed by atoms with E-state index in [1.165, 1.54) is 22.5 Å². The second kappa shape index (κ2) is 10.4. The fourth-order valence-corrected chi connectivity index (χ4v) is 5.67. The van der Waals surface area contributed by atoms with Gasteiger partial charge in [0.05, 0.1) is 22.6 Å². The normalized spacial score (nSPS) is 11.1. The number of carbonyl (C=O) groups is 1. The zero-order valence-electron chi connectivity index (χ0n) is 19.5. The van der Waals surface area contributed by atoms with Crippen LogP contribution in [0, 0.1) is 20.8 Å². The number of thioether (sulfide) groups is 1. The van der Waals surface area contributed by atoms with Gasteiger partial charge in [0.1, 0.15) is 10.7 Å². The lowest BCUT2D eigenvalue weighted by Gasteiger charge is -2.09. The van der Waals surface area contributed by atoms with E-state index in [4.69, 9.17) is 4.74 Å². The Morgan fingerprint density at radius 2 is 2.06 bits per heavy atom. The number of nitrogens with one attached hydrogen (secondary N) is 2. The first kappa shape index (κ1) is 24.0. The number of hydrogen-bond acceptors (Lipinski definition) is 7. The van der Waals surface area contributed by atoms with Crippen molar-refractivity contribution in [2.24, 2.45) is 0 Å². The Kier molecular flexibility index (Phi) is 7.33. The molecule has 0 unspecified atom stereocenters. The number of rotatable bonds is 8. The molecule has 34 heavy (non-hydrogen) atoms. The first-order valence-corrected chi connectivity index (χ1v) is 12.7. The van der Waals surface area contributed by atoms with E-state index in [1.807, 2.05) is 13.0 Å². The summed E-state index contributed by atoms with van der Waals surface area (Å²) in [5.74, 6) is 1.38. The van der Waals surface area contributed by atoms with E-state index in [1.54, 1.807) is 30.9 Å². The van der Waals surface area contributed by atoms with Gasteiger partial charge < -0.3 is 15.0 Å². The van der Waals surface area contributed by atoms with Gasteiger partial charge in [0.15, 0.2) is 0 Å². The van der Waals surface area contributed by atoms with Crippen molar-refractivity contribution < 1.29 is 9.53 Å². The molecule has 1 amide bonds. The summed E-state index contributed by atoms with van der Waals surface area (Å²) >= 11 is 2.87. The Labute approximate surface area is 206 Å². The summed E-state index contributed by atoms with van der Waals surface area (Å²) in [6, 6.07) is 9.97.